The topological polar surface area (TPSA) is 26.0 Å². The standard InChI is InChI=1S/C13H18N/c1-13(9-5-6-10-13)12(14)11-7-3-2-4-8-11/h2-4,7-8,12H,1,5-6,9-10,14H2. The normalized spacial score (nSPS) is 22.1. The zero-order valence-electron chi connectivity index (χ0n) is 8.58. The molecule has 0 aromatic heterocycles. The van der Waals surface area contributed by atoms with Crippen LogP contribution in [0.1, 0.15) is 37.3 Å². The van der Waals surface area contributed by atoms with Crippen molar-refractivity contribution in [2.45, 2.75) is 31.7 Å². The van der Waals surface area contributed by atoms with Gasteiger partial charge in [0.15, 0.2) is 0 Å². The Labute approximate surface area is 86.3 Å². The Morgan fingerprint density at radius 1 is 1.14 bits per heavy atom. The SMILES string of the molecule is [CH2]C1(C(N)c2ccccc2)CCCC1. The van der Waals surface area contributed by atoms with Crippen molar-refractivity contribution >= 4 is 0 Å². The smallest absolute Gasteiger partial charge is 0.0352 e. The summed E-state index contributed by atoms with van der Waals surface area (Å²) in [5.41, 5.74) is 7.58. The van der Waals surface area contributed by atoms with E-state index >= 15 is 0 Å². The fraction of sp³-hybridized carbons (Fsp3) is 0.462. The van der Waals surface area contributed by atoms with Crippen molar-refractivity contribution in [2.24, 2.45) is 11.1 Å². The maximum atomic E-state index is 6.27. The molecule has 1 unspecified atom stereocenters. The monoisotopic (exact) mass is 188 g/mol. The minimum absolute atomic E-state index is 0.0847. The largest absolute Gasteiger partial charge is 0.323 e. The summed E-state index contributed by atoms with van der Waals surface area (Å²) in [4.78, 5) is 0. The van der Waals surface area contributed by atoms with Gasteiger partial charge in [0.2, 0.25) is 0 Å². The van der Waals surface area contributed by atoms with Crippen molar-refractivity contribution in [3.63, 3.8) is 0 Å². The molecule has 1 atom stereocenters. The lowest BCUT2D eigenvalue weighted by molar-refractivity contribution is 0.311. The Balaban J connectivity index is 2.19. The van der Waals surface area contributed by atoms with Crippen molar-refractivity contribution < 1.29 is 0 Å². The van der Waals surface area contributed by atoms with E-state index in [9.17, 15) is 0 Å². The molecule has 75 valence electrons. The molecule has 0 spiro atoms. The second kappa shape index (κ2) is 3.74. The number of rotatable bonds is 2. The second-order valence-electron chi connectivity index (χ2n) is 4.46. The number of nitrogens with two attached hydrogens (primary N) is 1. The van der Waals surface area contributed by atoms with E-state index < -0.39 is 0 Å². The molecule has 0 heterocycles. The van der Waals surface area contributed by atoms with Crippen LogP contribution in [-0.2, 0) is 0 Å². The van der Waals surface area contributed by atoms with E-state index in [0.717, 1.165) is 0 Å². The van der Waals surface area contributed by atoms with E-state index in [1.54, 1.807) is 0 Å². The maximum Gasteiger partial charge on any atom is 0.0352 e. The molecule has 0 aliphatic heterocycles. The van der Waals surface area contributed by atoms with Crippen LogP contribution in [0.2, 0.25) is 0 Å². The van der Waals surface area contributed by atoms with Crippen LogP contribution in [0.15, 0.2) is 30.3 Å². The van der Waals surface area contributed by atoms with Gasteiger partial charge in [0.25, 0.3) is 0 Å². The Kier molecular flexibility index (Phi) is 2.60. The Morgan fingerprint density at radius 2 is 1.71 bits per heavy atom. The van der Waals surface area contributed by atoms with E-state index in [-0.39, 0.29) is 11.5 Å². The molecule has 0 bridgehead atoms. The third-order valence-electron chi connectivity index (χ3n) is 3.42. The van der Waals surface area contributed by atoms with Gasteiger partial charge in [-0.3, -0.25) is 0 Å². The van der Waals surface area contributed by atoms with E-state index in [1.165, 1.54) is 31.2 Å². The lowest BCUT2D eigenvalue weighted by Crippen LogP contribution is -2.29. The van der Waals surface area contributed by atoms with Crippen molar-refractivity contribution in [1.29, 1.82) is 0 Å². The van der Waals surface area contributed by atoms with Crippen molar-refractivity contribution in [1.82, 2.24) is 0 Å². The van der Waals surface area contributed by atoms with Crippen LogP contribution in [0.25, 0.3) is 0 Å². The van der Waals surface area contributed by atoms with Crippen LogP contribution >= 0.6 is 0 Å². The van der Waals surface area contributed by atoms with Crippen LogP contribution in [0.5, 0.6) is 0 Å². The molecule has 1 aromatic rings. The summed E-state index contributed by atoms with van der Waals surface area (Å²) < 4.78 is 0. The van der Waals surface area contributed by atoms with Crippen molar-refractivity contribution in [2.75, 3.05) is 0 Å². The van der Waals surface area contributed by atoms with Gasteiger partial charge in [-0.1, -0.05) is 43.2 Å². The Hall–Kier alpha value is -0.820. The lowest BCUT2D eigenvalue weighted by atomic mass is 9.78. The summed E-state index contributed by atoms with van der Waals surface area (Å²) in [6, 6.07) is 10.4. The van der Waals surface area contributed by atoms with Crippen LogP contribution in [-0.4, -0.2) is 0 Å². The number of hydrogen-bond acceptors (Lipinski definition) is 1. The minimum Gasteiger partial charge on any atom is -0.323 e. The molecule has 1 aromatic carbocycles. The minimum atomic E-state index is 0.0847. The molecule has 1 radical (unpaired) electrons. The number of hydrogen-bond donors (Lipinski definition) is 1. The van der Waals surface area contributed by atoms with Gasteiger partial charge in [0.05, 0.1) is 0 Å². The third-order valence-corrected chi connectivity index (χ3v) is 3.42. The molecular weight excluding hydrogens is 170 g/mol. The van der Waals surface area contributed by atoms with Crippen molar-refractivity contribution in [3.8, 4) is 0 Å². The van der Waals surface area contributed by atoms with Crippen molar-refractivity contribution in [3.05, 3.63) is 42.8 Å². The molecule has 1 fully saturated rings. The Morgan fingerprint density at radius 3 is 2.29 bits per heavy atom. The summed E-state index contributed by atoms with van der Waals surface area (Å²) in [6.07, 6.45) is 4.90. The highest BCUT2D eigenvalue weighted by Gasteiger charge is 2.35. The molecule has 0 amide bonds. The predicted molar refractivity (Wildman–Crippen MR) is 59.6 cm³/mol. The number of benzene rings is 1. The summed E-state index contributed by atoms with van der Waals surface area (Å²) in [5.74, 6) is 0. The summed E-state index contributed by atoms with van der Waals surface area (Å²) in [6.45, 7) is 4.32. The first-order valence-corrected chi connectivity index (χ1v) is 5.38. The molecular formula is C13H18N. The van der Waals surface area contributed by atoms with Crippen LogP contribution in [0.4, 0.5) is 0 Å². The predicted octanol–water partition coefficient (Wildman–Crippen LogP) is 3.08. The molecule has 1 aliphatic rings. The Bertz CT molecular complexity index is 285. The van der Waals surface area contributed by atoms with Gasteiger partial charge in [-0.2, -0.15) is 0 Å². The molecule has 1 nitrogen and oxygen atoms in total. The maximum absolute atomic E-state index is 6.27. The van der Waals surface area contributed by atoms with Gasteiger partial charge >= 0.3 is 0 Å². The first kappa shape index (κ1) is 9.72. The second-order valence-corrected chi connectivity index (χ2v) is 4.46. The quantitative estimate of drug-likeness (QED) is 0.758. The fourth-order valence-electron chi connectivity index (χ4n) is 2.40. The van der Waals surface area contributed by atoms with Crippen LogP contribution in [0.3, 0.4) is 0 Å². The average Bonchev–Trinajstić information content (AvgIpc) is 2.67. The van der Waals surface area contributed by atoms with E-state index in [2.05, 4.69) is 19.1 Å². The van der Waals surface area contributed by atoms with Crippen LogP contribution in [0, 0.1) is 12.3 Å². The van der Waals surface area contributed by atoms with Crippen LogP contribution < -0.4 is 5.73 Å². The lowest BCUT2D eigenvalue weighted by Gasteiger charge is -2.31. The van der Waals surface area contributed by atoms with Gasteiger partial charge in [0.1, 0.15) is 0 Å². The van der Waals surface area contributed by atoms with Gasteiger partial charge in [0, 0.05) is 6.04 Å². The summed E-state index contributed by atoms with van der Waals surface area (Å²) in [5, 5.41) is 0. The molecule has 1 aliphatic carbocycles. The molecule has 1 heteroatoms. The van der Waals surface area contributed by atoms with E-state index in [1.807, 2.05) is 18.2 Å². The average molecular weight is 188 g/mol. The van der Waals surface area contributed by atoms with Gasteiger partial charge in [-0.15, -0.1) is 0 Å². The highest BCUT2D eigenvalue weighted by molar-refractivity contribution is 5.22. The zero-order chi connectivity index (χ0) is 10.0. The summed E-state index contributed by atoms with van der Waals surface area (Å²) in [7, 11) is 0. The summed E-state index contributed by atoms with van der Waals surface area (Å²) >= 11 is 0. The highest BCUT2D eigenvalue weighted by Crippen LogP contribution is 2.45. The van der Waals surface area contributed by atoms with E-state index in [4.69, 9.17) is 5.73 Å². The highest BCUT2D eigenvalue weighted by atomic mass is 14.7. The third kappa shape index (κ3) is 1.69. The first-order chi connectivity index (χ1) is 6.72. The van der Waals surface area contributed by atoms with Gasteiger partial charge < -0.3 is 5.73 Å². The molecule has 0 saturated heterocycles. The molecule has 14 heavy (non-hydrogen) atoms. The molecule has 2 N–H and O–H groups in total. The van der Waals surface area contributed by atoms with E-state index in [0.29, 0.717) is 0 Å². The molecule has 2 rings (SSSR count). The van der Waals surface area contributed by atoms with Gasteiger partial charge in [-0.05, 0) is 30.7 Å². The first-order valence-electron chi connectivity index (χ1n) is 5.38. The van der Waals surface area contributed by atoms with Gasteiger partial charge in [-0.25, -0.2) is 0 Å². The zero-order valence-corrected chi connectivity index (χ0v) is 8.58. The molecule has 1 saturated carbocycles. The fourth-order valence-corrected chi connectivity index (χ4v) is 2.40.